The van der Waals surface area contributed by atoms with Gasteiger partial charge in [0.2, 0.25) is 5.91 Å². The van der Waals surface area contributed by atoms with Gasteiger partial charge in [-0.15, -0.1) is 10.2 Å². The van der Waals surface area contributed by atoms with Crippen molar-refractivity contribution in [2.45, 2.75) is 32.6 Å². The third-order valence-corrected chi connectivity index (χ3v) is 3.59. The fourth-order valence-corrected chi connectivity index (χ4v) is 2.45. The standard InChI is InChI=1S/C12H22N6O/c1-2-18-8-4-5-10(9-18)12(19)13-7-3-6-11-14-16-17-15-11/h10H,2-9H2,1H3,(H,13,19)(H,14,15,16,17)/t10-/m1/s1. The Morgan fingerprint density at radius 1 is 1.58 bits per heavy atom. The molecule has 7 heteroatoms. The summed E-state index contributed by atoms with van der Waals surface area (Å²) in [6.07, 6.45) is 3.71. The number of aromatic amines is 1. The van der Waals surface area contributed by atoms with Crippen molar-refractivity contribution in [3.8, 4) is 0 Å². The van der Waals surface area contributed by atoms with E-state index < -0.39 is 0 Å². The Hall–Kier alpha value is -1.50. The Bertz CT molecular complexity index is 380. The summed E-state index contributed by atoms with van der Waals surface area (Å²) in [4.78, 5) is 14.4. The summed E-state index contributed by atoms with van der Waals surface area (Å²) in [7, 11) is 0. The third-order valence-electron chi connectivity index (χ3n) is 3.59. The topological polar surface area (TPSA) is 86.8 Å². The van der Waals surface area contributed by atoms with Crippen LogP contribution >= 0.6 is 0 Å². The second-order valence-corrected chi connectivity index (χ2v) is 4.95. The van der Waals surface area contributed by atoms with Gasteiger partial charge in [-0.3, -0.25) is 4.79 Å². The maximum absolute atomic E-state index is 12.0. The van der Waals surface area contributed by atoms with Gasteiger partial charge in [0, 0.05) is 19.5 Å². The van der Waals surface area contributed by atoms with E-state index in [4.69, 9.17) is 0 Å². The van der Waals surface area contributed by atoms with Gasteiger partial charge in [-0.2, -0.15) is 5.21 Å². The lowest BCUT2D eigenvalue weighted by Crippen LogP contribution is -2.43. The molecule has 1 aromatic rings. The summed E-state index contributed by atoms with van der Waals surface area (Å²) in [6, 6.07) is 0. The van der Waals surface area contributed by atoms with E-state index >= 15 is 0 Å². The minimum Gasteiger partial charge on any atom is -0.356 e. The molecule has 19 heavy (non-hydrogen) atoms. The number of carbonyl (C=O) groups is 1. The molecule has 1 amide bonds. The van der Waals surface area contributed by atoms with Crippen LogP contribution in [-0.2, 0) is 11.2 Å². The number of likely N-dealkylation sites (tertiary alicyclic amines) is 1. The number of tetrazole rings is 1. The van der Waals surface area contributed by atoms with E-state index in [1.807, 2.05) is 0 Å². The molecule has 0 unspecified atom stereocenters. The first-order valence-electron chi connectivity index (χ1n) is 7.02. The molecule has 0 aromatic carbocycles. The van der Waals surface area contributed by atoms with Gasteiger partial charge in [0.15, 0.2) is 5.82 Å². The molecule has 0 aliphatic carbocycles. The molecular formula is C12H22N6O. The molecule has 0 bridgehead atoms. The fraction of sp³-hybridized carbons (Fsp3) is 0.833. The molecule has 0 spiro atoms. The van der Waals surface area contributed by atoms with E-state index in [1.54, 1.807) is 0 Å². The molecule has 1 aromatic heterocycles. The van der Waals surface area contributed by atoms with E-state index in [9.17, 15) is 4.79 Å². The van der Waals surface area contributed by atoms with Crippen LogP contribution in [0.3, 0.4) is 0 Å². The molecule has 2 N–H and O–H groups in total. The van der Waals surface area contributed by atoms with E-state index in [0.29, 0.717) is 12.4 Å². The number of hydrogen-bond acceptors (Lipinski definition) is 5. The van der Waals surface area contributed by atoms with Gasteiger partial charge < -0.3 is 10.2 Å². The monoisotopic (exact) mass is 266 g/mol. The molecule has 1 aliphatic heterocycles. The molecule has 1 atom stereocenters. The summed E-state index contributed by atoms with van der Waals surface area (Å²) >= 11 is 0. The predicted molar refractivity (Wildman–Crippen MR) is 70.3 cm³/mol. The Kier molecular flexibility index (Phi) is 5.26. The van der Waals surface area contributed by atoms with Crippen LogP contribution in [0.25, 0.3) is 0 Å². The van der Waals surface area contributed by atoms with Crippen LogP contribution in [0.4, 0.5) is 0 Å². The van der Waals surface area contributed by atoms with Crippen molar-refractivity contribution in [3.05, 3.63) is 5.82 Å². The molecule has 2 heterocycles. The number of amides is 1. The highest BCUT2D eigenvalue weighted by molar-refractivity contribution is 5.78. The number of piperidine rings is 1. The van der Waals surface area contributed by atoms with Crippen LogP contribution in [0.1, 0.15) is 32.0 Å². The lowest BCUT2D eigenvalue weighted by molar-refractivity contribution is -0.126. The van der Waals surface area contributed by atoms with Gasteiger partial charge in [-0.25, -0.2) is 0 Å². The highest BCUT2D eigenvalue weighted by Crippen LogP contribution is 2.16. The zero-order chi connectivity index (χ0) is 13.5. The van der Waals surface area contributed by atoms with E-state index in [2.05, 4.69) is 37.8 Å². The smallest absolute Gasteiger partial charge is 0.224 e. The molecule has 1 aliphatic rings. The van der Waals surface area contributed by atoms with Gasteiger partial charge in [-0.1, -0.05) is 12.1 Å². The Balaban J connectivity index is 1.63. The van der Waals surface area contributed by atoms with Crippen LogP contribution in [0.2, 0.25) is 0 Å². The third kappa shape index (κ3) is 4.27. The highest BCUT2D eigenvalue weighted by atomic mass is 16.1. The Labute approximate surface area is 113 Å². The normalized spacial score (nSPS) is 20.4. The van der Waals surface area contributed by atoms with Crippen LogP contribution in [0, 0.1) is 5.92 Å². The van der Waals surface area contributed by atoms with E-state index in [-0.39, 0.29) is 11.8 Å². The van der Waals surface area contributed by atoms with Crippen molar-refractivity contribution in [2.75, 3.05) is 26.2 Å². The summed E-state index contributed by atoms with van der Waals surface area (Å²) in [6.45, 7) is 5.87. The maximum Gasteiger partial charge on any atom is 0.224 e. The van der Waals surface area contributed by atoms with E-state index in [1.165, 1.54) is 0 Å². The first-order chi connectivity index (χ1) is 9.29. The quantitative estimate of drug-likeness (QED) is 0.707. The average molecular weight is 266 g/mol. The van der Waals surface area contributed by atoms with Crippen LogP contribution in [0.15, 0.2) is 0 Å². The number of nitrogens with one attached hydrogen (secondary N) is 2. The van der Waals surface area contributed by atoms with Crippen LogP contribution in [-0.4, -0.2) is 57.6 Å². The van der Waals surface area contributed by atoms with Gasteiger partial charge in [-0.05, 0) is 32.4 Å². The molecule has 1 saturated heterocycles. The van der Waals surface area contributed by atoms with E-state index in [0.717, 1.165) is 45.3 Å². The summed E-state index contributed by atoms with van der Waals surface area (Å²) in [5, 5.41) is 16.7. The minimum atomic E-state index is 0.152. The summed E-state index contributed by atoms with van der Waals surface area (Å²) < 4.78 is 0. The van der Waals surface area contributed by atoms with Crippen molar-refractivity contribution in [1.82, 2.24) is 30.8 Å². The summed E-state index contributed by atoms with van der Waals surface area (Å²) in [5.41, 5.74) is 0. The molecule has 7 nitrogen and oxygen atoms in total. The number of rotatable bonds is 6. The Morgan fingerprint density at radius 2 is 2.47 bits per heavy atom. The van der Waals surface area contributed by atoms with Crippen molar-refractivity contribution in [3.63, 3.8) is 0 Å². The molecule has 0 saturated carbocycles. The van der Waals surface area contributed by atoms with Crippen LogP contribution < -0.4 is 5.32 Å². The number of aromatic nitrogens is 4. The highest BCUT2D eigenvalue weighted by Gasteiger charge is 2.24. The number of H-pyrrole nitrogens is 1. The van der Waals surface area contributed by atoms with Crippen molar-refractivity contribution in [2.24, 2.45) is 5.92 Å². The molecule has 0 radical (unpaired) electrons. The number of nitrogens with zero attached hydrogens (tertiary/aromatic N) is 4. The zero-order valence-electron chi connectivity index (χ0n) is 11.4. The average Bonchev–Trinajstić information content (AvgIpc) is 2.96. The first kappa shape index (κ1) is 13.9. The maximum atomic E-state index is 12.0. The Morgan fingerprint density at radius 3 is 3.21 bits per heavy atom. The second-order valence-electron chi connectivity index (χ2n) is 4.95. The van der Waals surface area contributed by atoms with Gasteiger partial charge in [0.25, 0.3) is 0 Å². The van der Waals surface area contributed by atoms with Crippen molar-refractivity contribution in [1.29, 1.82) is 0 Å². The number of carbonyl (C=O) groups excluding carboxylic acids is 1. The van der Waals surface area contributed by atoms with Crippen molar-refractivity contribution < 1.29 is 4.79 Å². The van der Waals surface area contributed by atoms with Gasteiger partial charge in [0.05, 0.1) is 5.92 Å². The molecule has 1 fully saturated rings. The first-order valence-corrected chi connectivity index (χ1v) is 7.02. The lowest BCUT2D eigenvalue weighted by Gasteiger charge is -2.30. The number of aryl methyl sites for hydroxylation is 1. The van der Waals surface area contributed by atoms with Crippen molar-refractivity contribution >= 4 is 5.91 Å². The molecule has 2 rings (SSSR count). The molecule has 106 valence electrons. The van der Waals surface area contributed by atoms with Crippen LogP contribution in [0.5, 0.6) is 0 Å². The largest absolute Gasteiger partial charge is 0.356 e. The minimum absolute atomic E-state index is 0.152. The van der Waals surface area contributed by atoms with Gasteiger partial charge in [0.1, 0.15) is 0 Å². The fourth-order valence-electron chi connectivity index (χ4n) is 2.45. The zero-order valence-corrected chi connectivity index (χ0v) is 11.4. The number of hydrogen-bond donors (Lipinski definition) is 2. The summed E-state index contributed by atoms with van der Waals surface area (Å²) in [5.74, 6) is 1.04. The SMILES string of the molecule is CCN1CCC[C@@H](C(=O)NCCCc2nn[nH]n2)C1. The van der Waals surface area contributed by atoms with Gasteiger partial charge >= 0.3 is 0 Å². The second kappa shape index (κ2) is 7.18. The lowest BCUT2D eigenvalue weighted by atomic mass is 9.97. The molecular weight excluding hydrogens is 244 g/mol. The predicted octanol–water partition coefficient (Wildman–Crippen LogP) is -0.0196.